The number of benzene rings is 3. The molecule has 0 spiro atoms. The predicted molar refractivity (Wildman–Crippen MR) is 101 cm³/mol. The fraction of sp³-hybridized carbons (Fsp3) is 0.273. The highest BCUT2D eigenvalue weighted by molar-refractivity contribution is 5.86. The van der Waals surface area contributed by atoms with Gasteiger partial charge in [-0.15, -0.1) is 0 Å². The molecule has 136 valence electrons. The first-order valence-corrected chi connectivity index (χ1v) is 8.85. The zero-order chi connectivity index (χ0) is 18.6. The zero-order valence-corrected chi connectivity index (χ0v) is 14.7. The van der Waals surface area contributed by atoms with Crippen molar-refractivity contribution in [2.45, 2.75) is 32.0 Å². The van der Waals surface area contributed by atoms with Gasteiger partial charge in [-0.05, 0) is 34.9 Å². The maximum Gasteiger partial charge on any atom is 0.391 e. The van der Waals surface area contributed by atoms with Crippen molar-refractivity contribution < 1.29 is 13.2 Å². The average molecular weight is 357 g/mol. The van der Waals surface area contributed by atoms with E-state index in [4.69, 9.17) is 0 Å². The molecule has 1 unspecified atom stereocenters. The van der Waals surface area contributed by atoms with Gasteiger partial charge in [-0.25, -0.2) is 0 Å². The molecule has 3 aromatic carbocycles. The summed E-state index contributed by atoms with van der Waals surface area (Å²) >= 11 is 0. The SMILES string of the molecule is CCCN(c1ccccc1)C(CC(F)(F)F)c1cccc2ccccc12. The minimum Gasteiger partial charge on any atom is -0.364 e. The van der Waals surface area contributed by atoms with E-state index in [1.54, 1.807) is 0 Å². The second-order valence-corrected chi connectivity index (χ2v) is 6.43. The molecule has 1 atom stereocenters. The van der Waals surface area contributed by atoms with Gasteiger partial charge in [0.2, 0.25) is 0 Å². The second-order valence-electron chi connectivity index (χ2n) is 6.43. The number of hydrogen-bond acceptors (Lipinski definition) is 1. The molecule has 1 nitrogen and oxygen atoms in total. The Kier molecular flexibility index (Phi) is 5.50. The minimum absolute atomic E-state index is 0.563. The summed E-state index contributed by atoms with van der Waals surface area (Å²) in [7, 11) is 0. The number of rotatable bonds is 6. The lowest BCUT2D eigenvalue weighted by molar-refractivity contribution is -0.138. The van der Waals surface area contributed by atoms with E-state index in [1.165, 1.54) is 0 Å². The molecular formula is C22H22F3N. The lowest BCUT2D eigenvalue weighted by atomic mass is 9.94. The summed E-state index contributed by atoms with van der Waals surface area (Å²) in [6.45, 7) is 2.55. The van der Waals surface area contributed by atoms with Crippen LogP contribution in [-0.2, 0) is 0 Å². The Balaban J connectivity index is 2.14. The van der Waals surface area contributed by atoms with Gasteiger partial charge >= 0.3 is 6.18 Å². The van der Waals surface area contributed by atoms with Crippen molar-refractivity contribution >= 4 is 16.5 Å². The average Bonchev–Trinajstić information content (AvgIpc) is 2.64. The third-order valence-corrected chi connectivity index (χ3v) is 4.54. The Bertz CT molecular complexity index is 837. The number of anilines is 1. The number of fused-ring (bicyclic) bond motifs is 1. The molecule has 0 amide bonds. The van der Waals surface area contributed by atoms with Gasteiger partial charge in [-0.1, -0.05) is 67.6 Å². The summed E-state index contributed by atoms with van der Waals surface area (Å²) in [4.78, 5) is 1.88. The van der Waals surface area contributed by atoms with Crippen LogP contribution < -0.4 is 4.90 Å². The number of nitrogens with zero attached hydrogens (tertiary/aromatic N) is 1. The normalized spacial score (nSPS) is 12.9. The van der Waals surface area contributed by atoms with E-state index in [0.29, 0.717) is 6.54 Å². The fourth-order valence-corrected chi connectivity index (χ4v) is 3.47. The number of halogens is 3. The molecular weight excluding hydrogens is 335 g/mol. The van der Waals surface area contributed by atoms with Crippen molar-refractivity contribution in [2.75, 3.05) is 11.4 Å². The van der Waals surface area contributed by atoms with Crippen molar-refractivity contribution in [1.29, 1.82) is 0 Å². The van der Waals surface area contributed by atoms with Gasteiger partial charge in [-0.2, -0.15) is 13.2 Å². The molecule has 3 rings (SSSR count). The molecule has 4 heteroatoms. The zero-order valence-electron chi connectivity index (χ0n) is 14.7. The molecule has 0 aromatic heterocycles. The van der Waals surface area contributed by atoms with E-state index < -0.39 is 18.6 Å². The van der Waals surface area contributed by atoms with Crippen molar-refractivity contribution in [3.63, 3.8) is 0 Å². The molecule has 0 N–H and O–H groups in total. The van der Waals surface area contributed by atoms with Gasteiger partial charge < -0.3 is 4.90 Å². The summed E-state index contributed by atoms with van der Waals surface area (Å²) in [6, 6.07) is 21.9. The quantitative estimate of drug-likeness (QED) is 0.472. The van der Waals surface area contributed by atoms with Gasteiger partial charge in [0.05, 0.1) is 12.5 Å². The van der Waals surface area contributed by atoms with Crippen molar-refractivity contribution in [3.8, 4) is 0 Å². The smallest absolute Gasteiger partial charge is 0.364 e. The van der Waals surface area contributed by atoms with Crippen LogP contribution in [0.2, 0.25) is 0 Å². The van der Waals surface area contributed by atoms with Crippen LogP contribution in [0, 0.1) is 0 Å². The van der Waals surface area contributed by atoms with E-state index >= 15 is 0 Å². The van der Waals surface area contributed by atoms with E-state index in [-0.39, 0.29) is 0 Å². The number of para-hydroxylation sites is 1. The van der Waals surface area contributed by atoms with Crippen molar-refractivity contribution in [1.82, 2.24) is 0 Å². The predicted octanol–water partition coefficient (Wildman–Crippen LogP) is 6.75. The molecule has 0 fully saturated rings. The van der Waals surface area contributed by atoms with Crippen molar-refractivity contribution in [3.05, 3.63) is 78.4 Å². The molecule has 0 bridgehead atoms. The van der Waals surface area contributed by atoms with Crippen LogP contribution in [0.5, 0.6) is 0 Å². The molecule has 0 heterocycles. The molecule has 0 radical (unpaired) electrons. The van der Waals surface area contributed by atoms with Crippen LogP contribution in [0.1, 0.15) is 31.4 Å². The largest absolute Gasteiger partial charge is 0.391 e. The third kappa shape index (κ3) is 4.18. The van der Waals surface area contributed by atoms with Crippen molar-refractivity contribution in [2.24, 2.45) is 0 Å². The minimum atomic E-state index is -4.25. The Morgan fingerprint density at radius 2 is 1.50 bits per heavy atom. The number of hydrogen-bond donors (Lipinski definition) is 0. The van der Waals surface area contributed by atoms with Crippen LogP contribution in [0.15, 0.2) is 72.8 Å². The van der Waals surface area contributed by atoms with E-state index in [9.17, 15) is 13.2 Å². The van der Waals surface area contributed by atoms with Crippen LogP contribution in [0.3, 0.4) is 0 Å². The van der Waals surface area contributed by atoms with Crippen LogP contribution >= 0.6 is 0 Å². The number of alkyl halides is 3. The van der Waals surface area contributed by atoms with Crippen LogP contribution in [0.25, 0.3) is 10.8 Å². The summed E-state index contributed by atoms with van der Waals surface area (Å²) in [6.07, 6.45) is -4.35. The summed E-state index contributed by atoms with van der Waals surface area (Å²) in [5, 5.41) is 1.84. The van der Waals surface area contributed by atoms with Gasteiger partial charge in [0.25, 0.3) is 0 Å². The second kappa shape index (κ2) is 7.81. The Labute approximate surface area is 152 Å². The monoisotopic (exact) mass is 357 g/mol. The summed E-state index contributed by atoms with van der Waals surface area (Å²) in [5.41, 5.74) is 1.54. The topological polar surface area (TPSA) is 3.24 Å². The standard InChI is InChI=1S/C22H22F3N/c1-2-15-26(18-11-4-3-5-12-18)21(16-22(23,24)25)20-14-8-10-17-9-6-7-13-19(17)20/h3-14,21H,2,15-16H2,1H3. The first-order valence-electron chi connectivity index (χ1n) is 8.85. The lowest BCUT2D eigenvalue weighted by Gasteiger charge is -2.35. The molecule has 0 aliphatic carbocycles. The van der Waals surface area contributed by atoms with Gasteiger partial charge in [0.15, 0.2) is 0 Å². The van der Waals surface area contributed by atoms with E-state index in [1.807, 2.05) is 84.6 Å². The van der Waals surface area contributed by atoms with E-state index in [2.05, 4.69) is 0 Å². The molecule has 26 heavy (non-hydrogen) atoms. The highest BCUT2D eigenvalue weighted by atomic mass is 19.4. The van der Waals surface area contributed by atoms with Gasteiger partial charge in [0.1, 0.15) is 0 Å². The molecule has 0 saturated heterocycles. The Morgan fingerprint density at radius 1 is 0.846 bits per heavy atom. The Morgan fingerprint density at radius 3 is 2.19 bits per heavy atom. The fourth-order valence-electron chi connectivity index (χ4n) is 3.47. The van der Waals surface area contributed by atoms with Gasteiger partial charge in [0, 0.05) is 12.2 Å². The molecule has 0 aliphatic heterocycles. The highest BCUT2D eigenvalue weighted by Gasteiger charge is 2.36. The molecule has 3 aromatic rings. The maximum absolute atomic E-state index is 13.5. The van der Waals surface area contributed by atoms with Crippen LogP contribution in [-0.4, -0.2) is 12.7 Å². The summed E-state index contributed by atoms with van der Waals surface area (Å²) in [5.74, 6) is 0. The molecule has 0 aliphatic rings. The first kappa shape index (κ1) is 18.3. The lowest BCUT2D eigenvalue weighted by Crippen LogP contribution is -2.33. The van der Waals surface area contributed by atoms with E-state index in [0.717, 1.165) is 28.4 Å². The third-order valence-electron chi connectivity index (χ3n) is 4.54. The Hall–Kier alpha value is -2.49. The molecule has 0 saturated carbocycles. The highest BCUT2D eigenvalue weighted by Crippen LogP contribution is 2.39. The summed E-state index contributed by atoms with van der Waals surface area (Å²) < 4.78 is 40.4. The first-order chi connectivity index (χ1) is 12.5. The van der Waals surface area contributed by atoms with Crippen LogP contribution in [0.4, 0.5) is 18.9 Å². The van der Waals surface area contributed by atoms with Gasteiger partial charge in [-0.3, -0.25) is 0 Å². The maximum atomic E-state index is 13.5.